The first-order valence-corrected chi connectivity index (χ1v) is 9.31. The summed E-state index contributed by atoms with van der Waals surface area (Å²) in [7, 11) is 0. The van der Waals surface area contributed by atoms with Gasteiger partial charge >= 0.3 is 5.97 Å². The molecule has 10 heteroatoms. The molecule has 0 unspecified atom stereocenters. The number of aryl methyl sites for hydroxylation is 1. The summed E-state index contributed by atoms with van der Waals surface area (Å²) in [6.45, 7) is 1.76. The number of benzene rings is 1. The minimum absolute atomic E-state index is 0.00366. The van der Waals surface area contributed by atoms with Gasteiger partial charge in [-0.2, -0.15) is 0 Å². The monoisotopic (exact) mass is 418 g/mol. The van der Waals surface area contributed by atoms with Crippen molar-refractivity contribution in [3.63, 3.8) is 0 Å². The van der Waals surface area contributed by atoms with Crippen LogP contribution in [0.1, 0.15) is 17.7 Å². The third-order valence-electron chi connectivity index (χ3n) is 3.94. The van der Waals surface area contributed by atoms with Gasteiger partial charge in [0.1, 0.15) is 15.8 Å². The van der Waals surface area contributed by atoms with E-state index in [1.807, 2.05) is 0 Å². The number of carboxylic acids is 1. The van der Waals surface area contributed by atoms with E-state index in [1.54, 1.807) is 31.2 Å². The van der Waals surface area contributed by atoms with Crippen LogP contribution in [-0.4, -0.2) is 37.7 Å². The molecule has 28 heavy (non-hydrogen) atoms. The molecule has 1 N–H and O–H groups in total. The van der Waals surface area contributed by atoms with Crippen LogP contribution in [0.25, 0.3) is 17.4 Å². The van der Waals surface area contributed by atoms with E-state index in [2.05, 4.69) is 0 Å². The van der Waals surface area contributed by atoms with Crippen molar-refractivity contribution in [3.8, 4) is 11.3 Å². The second-order valence-electron chi connectivity index (χ2n) is 5.96. The zero-order valence-electron chi connectivity index (χ0n) is 14.6. The molecule has 144 valence electrons. The number of amides is 1. The number of carbonyl (C=O) groups excluding carboxylic acids is 1. The summed E-state index contributed by atoms with van der Waals surface area (Å²) in [5.41, 5.74) is 1.03. The van der Waals surface area contributed by atoms with E-state index in [4.69, 9.17) is 21.7 Å². The number of thiocarbonyl (C=S) groups is 1. The molecule has 0 saturated carbocycles. The van der Waals surface area contributed by atoms with Crippen LogP contribution in [0.4, 0.5) is 5.69 Å². The van der Waals surface area contributed by atoms with Crippen molar-refractivity contribution in [3.05, 3.63) is 56.7 Å². The lowest BCUT2D eigenvalue weighted by molar-refractivity contribution is -0.384. The first kappa shape index (κ1) is 19.8. The molecule has 1 amide bonds. The van der Waals surface area contributed by atoms with Crippen molar-refractivity contribution >= 4 is 51.9 Å². The van der Waals surface area contributed by atoms with Gasteiger partial charge in [0.2, 0.25) is 0 Å². The molecule has 1 aromatic carbocycles. The van der Waals surface area contributed by atoms with Gasteiger partial charge in [0, 0.05) is 18.7 Å². The van der Waals surface area contributed by atoms with E-state index < -0.39 is 16.8 Å². The molecular weight excluding hydrogens is 404 g/mol. The van der Waals surface area contributed by atoms with Crippen molar-refractivity contribution in [2.24, 2.45) is 0 Å². The topological polar surface area (TPSA) is 114 Å². The van der Waals surface area contributed by atoms with Crippen LogP contribution in [0.3, 0.4) is 0 Å². The lowest BCUT2D eigenvalue weighted by Crippen LogP contribution is -2.30. The summed E-state index contributed by atoms with van der Waals surface area (Å²) in [5, 5.41) is 20.1. The Kier molecular flexibility index (Phi) is 5.61. The normalized spacial score (nSPS) is 15.5. The van der Waals surface area contributed by atoms with Crippen LogP contribution >= 0.6 is 24.0 Å². The van der Waals surface area contributed by atoms with Crippen molar-refractivity contribution in [2.75, 3.05) is 6.54 Å². The highest BCUT2D eigenvalue weighted by atomic mass is 32.2. The number of furan rings is 1. The number of nitro benzene ring substituents is 1. The number of thioether (sulfide) groups is 1. The fourth-order valence-corrected chi connectivity index (χ4v) is 3.89. The molecule has 2 heterocycles. The molecule has 0 aliphatic carbocycles. The largest absolute Gasteiger partial charge is 0.481 e. The van der Waals surface area contributed by atoms with Crippen LogP contribution in [-0.2, 0) is 9.59 Å². The minimum atomic E-state index is -1.02. The Morgan fingerprint density at radius 3 is 2.82 bits per heavy atom. The van der Waals surface area contributed by atoms with Crippen molar-refractivity contribution in [1.29, 1.82) is 0 Å². The Morgan fingerprint density at radius 1 is 1.39 bits per heavy atom. The van der Waals surface area contributed by atoms with Crippen LogP contribution in [0.15, 0.2) is 39.7 Å². The maximum absolute atomic E-state index is 12.4. The van der Waals surface area contributed by atoms with Gasteiger partial charge in [-0.15, -0.1) is 0 Å². The van der Waals surface area contributed by atoms with Gasteiger partial charge in [-0.05, 0) is 30.7 Å². The maximum atomic E-state index is 12.4. The predicted molar refractivity (Wildman–Crippen MR) is 108 cm³/mol. The Labute approximate surface area is 169 Å². The Bertz CT molecular complexity index is 1030. The van der Waals surface area contributed by atoms with Crippen LogP contribution in [0.5, 0.6) is 0 Å². The average Bonchev–Trinajstić information content (AvgIpc) is 3.18. The zero-order valence-corrected chi connectivity index (χ0v) is 16.2. The van der Waals surface area contributed by atoms with Crippen molar-refractivity contribution < 1.29 is 24.0 Å². The fraction of sp³-hybridized carbons (Fsp3) is 0.167. The molecular formula is C18H14N2O6S2. The van der Waals surface area contributed by atoms with Crippen LogP contribution in [0, 0.1) is 17.0 Å². The van der Waals surface area contributed by atoms with Crippen LogP contribution in [0.2, 0.25) is 0 Å². The fourth-order valence-electron chi connectivity index (χ4n) is 2.61. The third-order valence-corrected chi connectivity index (χ3v) is 5.32. The summed E-state index contributed by atoms with van der Waals surface area (Å²) in [5.74, 6) is -0.771. The molecule has 0 bridgehead atoms. The molecule has 1 aliphatic rings. The molecule has 0 radical (unpaired) electrons. The van der Waals surface area contributed by atoms with E-state index in [9.17, 15) is 19.7 Å². The molecule has 0 spiro atoms. The number of nitrogens with zero attached hydrogens (tertiary/aromatic N) is 2. The van der Waals surface area contributed by atoms with Gasteiger partial charge in [-0.3, -0.25) is 24.6 Å². The molecule has 1 fully saturated rings. The minimum Gasteiger partial charge on any atom is -0.481 e. The summed E-state index contributed by atoms with van der Waals surface area (Å²) >= 11 is 6.18. The van der Waals surface area contributed by atoms with Gasteiger partial charge in [0.05, 0.1) is 21.8 Å². The molecule has 8 nitrogen and oxygen atoms in total. The second kappa shape index (κ2) is 7.95. The Balaban J connectivity index is 1.86. The number of rotatable bonds is 6. The first-order chi connectivity index (χ1) is 13.3. The third kappa shape index (κ3) is 4.12. The Morgan fingerprint density at radius 2 is 2.14 bits per heavy atom. The summed E-state index contributed by atoms with van der Waals surface area (Å²) in [6, 6.07) is 8.02. The van der Waals surface area contributed by atoms with Gasteiger partial charge in [-0.25, -0.2) is 0 Å². The lowest BCUT2D eigenvalue weighted by atomic mass is 10.1. The highest BCUT2D eigenvalue weighted by Gasteiger charge is 2.32. The van der Waals surface area contributed by atoms with Gasteiger partial charge in [0.15, 0.2) is 0 Å². The lowest BCUT2D eigenvalue weighted by Gasteiger charge is -2.12. The number of hydrogen-bond acceptors (Lipinski definition) is 7. The van der Waals surface area contributed by atoms with E-state index in [-0.39, 0.29) is 23.0 Å². The molecule has 1 saturated heterocycles. The summed E-state index contributed by atoms with van der Waals surface area (Å²) < 4.78 is 5.95. The molecule has 3 rings (SSSR count). The van der Waals surface area contributed by atoms with E-state index >= 15 is 0 Å². The van der Waals surface area contributed by atoms with Gasteiger partial charge < -0.3 is 9.52 Å². The molecule has 0 atom stereocenters. The SMILES string of the molecule is Cc1ccc(-c2ccc(/C=C3\SC(=S)N(CCC(=O)O)C3=O)o2)c([N+](=O)[O-])c1. The number of nitro groups is 1. The van der Waals surface area contributed by atoms with Gasteiger partial charge in [-0.1, -0.05) is 30.0 Å². The van der Waals surface area contributed by atoms with E-state index in [0.717, 1.165) is 17.3 Å². The Hall–Kier alpha value is -2.98. The predicted octanol–water partition coefficient (Wildman–Crippen LogP) is 3.84. The zero-order chi connectivity index (χ0) is 20.4. The quantitative estimate of drug-likeness (QED) is 0.326. The standard InChI is InChI=1S/C18H14N2O6S2/c1-10-2-4-12(13(8-10)20(24)25)14-5-3-11(26-14)9-15-17(23)19(18(27)28-15)7-6-16(21)22/h2-5,8-9H,6-7H2,1H3,(H,21,22)/b15-9-. The number of aliphatic carboxylic acids is 1. The van der Waals surface area contributed by atoms with Crippen LogP contribution < -0.4 is 0 Å². The highest BCUT2D eigenvalue weighted by Crippen LogP contribution is 2.35. The number of carbonyl (C=O) groups is 2. The molecule has 1 aliphatic heterocycles. The second-order valence-corrected chi connectivity index (χ2v) is 7.63. The average molecular weight is 418 g/mol. The molecule has 1 aromatic heterocycles. The van der Waals surface area contributed by atoms with E-state index in [1.165, 1.54) is 17.0 Å². The maximum Gasteiger partial charge on any atom is 0.305 e. The number of carboxylic acid groups (broad SMARTS) is 1. The van der Waals surface area contributed by atoms with Gasteiger partial charge in [0.25, 0.3) is 11.6 Å². The van der Waals surface area contributed by atoms with E-state index in [0.29, 0.717) is 22.0 Å². The summed E-state index contributed by atoms with van der Waals surface area (Å²) in [6.07, 6.45) is 1.28. The highest BCUT2D eigenvalue weighted by molar-refractivity contribution is 8.26. The first-order valence-electron chi connectivity index (χ1n) is 8.08. The summed E-state index contributed by atoms with van der Waals surface area (Å²) in [4.78, 5) is 35.5. The van der Waals surface area contributed by atoms with Crippen molar-refractivity contribution in [2.45, 2.75) is 13.3 Å². The van der Waals surface area contributed by atoms with Crippen molar-refractivity contribution in [1.82, 2.24) is 4.90 Å². The number of hydrogen-bond donors (Lipinski definition) is 1. The smallest absolute Gasteiger partial charge is 0.305 e. The molecule has 2 aromatic rings.